The molecular weight excluding hydrogens is 503 g/mol. The third-order valence-electron chi connectivity index (χ3n) is 5.94. The number of fused-ring (bicyclic) bond motifs is 1. The molecule has 0 fully saturated rings. The number of amides is 2. The maximum Gasteiger partial charge on any atom is 0.263 e. The first kappa shape index (κ1) is 25.7. The average molecular weight is 529 g/mol. The Hall–Kier alpha value is -3.42. The maximum atomic E-state index is 13.0. The summed E-state index contributed by atoms with van der Waals surface area (Å²) in [5.74, 6) is 1.47. The zero-order chi connectivity index (χ0) is 25.8. The third-order valence-corrected chi connectivity index (χ3v) is 6.68. The van der Waals surface area contributed by atoms with Gasteiger partial charge in [-0.25, -0.2) is 0 Å². The fraction of sp³-hybridized carbons (Fsp3) is 0.259. The van der Waals surface area contributed by atoms with E-state index in [0.717, 1.165) is 11.1 Å². The Morgan fingerprint density at radius 3 is 2.53 bits per heavy atom. The van der Waals surface area contributed by atoms with Crippen LogP contribution in [0, 0.1) is 0 Å². The van der Waals surface area contributed by atoms with Gasteiger partial charge in [0.2, 0.25) is 0 Å². The highest BCUT2D eigenvalue weighted by atomic mass is 35.5. The summed E-state index contributed by atoms with van der Waals surface area (Å²) < 4.78 is 16.6. The van der Waals surface area contributed by atoms with Crippen LogP contribution in [0.2, 0.25) is 10.0 Å². The van der Waals surface area contributed by atoms with E-state index in [0.29, 0.717) is 58.1 Å². The number of halogens is 2. The summed E-state index contributed by atoms with van der Waals surface area (Å²) in [6.07, 6.45) is -0.00431. The number of benzene rings is 3. The molecule has 0 spiro atoms. The molecule has 1 atom stereocenters. The normalized spacial score (nSPS) is 15.0. The number of hydrogen-bond acceptors (Lipinski definition) is 5. The van der Waals surface area contributed by atoms with Crippen LogP contribution in [0.3, 0.4) is 0 Å². The number of carbonyl (C=O) groups excluding carboxylic acids is 2. The molecule has 9 heteroatoms. The molecule has 1 aliphatic rings. The third kappa shape index (κ3) is 5.69. The zero-order valence-corrected chi connectivity index (χ0v) is 21.7. The highest BCUT2D eigenvalue weighted by Crippen LogP contribution is 2.31. The van der Waals surface area contributed by atoms with Crippen molar-refractivity contribution >= 4 is 40.7 Å². The largest absolute Gasteiger partial charge is 0.493 e. The lowest BCUT2D eigenvalue weighted by Gasteiger charge is -2.22. The van der Waals surface area contributed by atoms with Crippen molar-refractivity contribution in [3.05, 3.63) is 81.3 Å². The Labute approximate surface area is 219 Å². The van der Waals surface area contributed by atoms with E-state index in [-0.39, 0.29) is 11.8 Å². The Morgan fingerprint density at radius 2 is 1.81 bits per heavy atom. The van der Waals surface area contributed by atoms with Gasteiger partial charge in [-0.15, -0.1) is 0 Å². The molecule has 1 aliphatic heterocycles. The first-order valence-corrected chi connectivity index (χ1v) is 12.1. The summed E-state index contributed by atoms with van der Waals surface area (Å²) in [6.45, 7) is 2.57. The fourth-order valence-electron chi connectivity index (χ4n) is 4.01. The SMILES string of the molecule is COc1ccc(CCN2Cc3cc(NC(=O)c4ccc(Cl)c(Cl)c4)ccc3O[C@@H](C)C2=O)cc1OC. The van der Waals surface area contributed by atoms with Crippen LogP contribution in [0.4, 0.5) is 5.69 Å². The van der Waals surface area contributed by atoms with Crippen molar-refractivity contribution in [1.29, 1.82) is 0 Å². The molecule has 0 aliphatic carbocycles. The maximum absolute atomic E-state index is 13.0. The van der Waals surface area contributed by atoms with Gasteiger partial charge in [0.25, 0.3) is 11.8 Å². The summed E-state index contributed by atoms with van der Waals surface area (Å²) in [6, 6.07) is 15.7. The van der Waals surface area contributed by atoms with Gasteiger partial charge in [-0.1, -0.05) is 29.3 Å². The zero-order valence-electron chi connectivity index (χ0n) is 20.1. The van der Waals surface area contributed by atoms with Crippen molar-refractivity contribution in [2.45, 2.75) is 26.0 Å². The second kappa shape index (κ2) is 11.1. The summed E-state index contributed by atoms with van der Waals surface area (Å²) >= 11 is 12.0. The van der Waals surface area contributed by atoms with Crippen molar-refractivity contribution in [2.24, 2.45) is 0 Å². The second-order valence-corrected chi connectivity index (χ2v) is 9.18. The van der Waals surface area contributed by atoms with Gasteiger partial charge in [0.1, 0.15) is 5.75 Å². The van der Waals surface area contributed by atoms with E-state index in [1.165, 1.54) is 6.07 Å². The number of nitrogens with zero attached hydrogens (tertiary/aromatic N) is 1. The van der Waals surface area contributed by atoms with Crippen LogP contribution < -0.4 is 19.5 Å². The molecule has 0 saturated heterocycles. The standard InChI is InChI=1S/C27H26Cl2N2O5/c1-16-27(33)31(11-10-17-4-8-24(34-2)25(12-17)35-3)15-19-13-20(6-9-23(19)36-16)30-26(32)18-5-7-21(28)22(29)14-18/h4-9,12-14,16H,10-11,15H2,1-3H3,(H,30,32)/t16-/m0/s1. The van der Waals surface area contributed by atoms with Crippen LogP contribution in [-0.4, -0.2) is 43.6 Å². The van der Waals surface area contributed by atoms with Crippen LogP contribution in [0.15, 0.2) is 54.6 Å². The van der Waals surface area contributed by atoms with Gasteiger partial charge >= 0.3 is 0 Å². The molecule has 36 heavy (non-hydrogen) atoms. The second-order valence-electron chi connectivity index (χ2n) is 8.36. The molecule has 7 nitrogen and oxygen atoms in total. The molecule has 4 rings (SSSR count). The van der Waals surface area contributed by atoms with E-state index >= 15 is 0 Å². The minimum absolute atomic E-state index is 0.104. The van der Waals surface area contributed by atoms with E-state index in [1.807, 2.05) is 24.3 Å². The Morgan fingerprint density at radius 1 is 1.03 bits per heavy atom. The number of anilines is 1. The lowest BCUT2D eigenvalue weighted by Crippen LogP contribution is -2.39. The highest BCUT2D eigenvalue weighted by molar-refractivity contribution is 6.42. The molecular formula is C27H26Cl2N2O5. The smallest absolute Gasteiger partial charge is 0.263 e. The number of ether oxygens (including phenoxy) is 3. The predicted octanol–water partition coefficient (Wildman–Crippen LogP) is 5.62. The summed E-state index contributed by atoms with van der Waals surface area (Å²) in [5.41, 5.74) is 2.78. The molecule has 0 aromatic heterocycles. The molecule has 1 N–H and O–H groups in total. The van der Waals surface area contributed by atoms with Gasteiger partial charge < -0.3 is 24.4 Å². The molecule has 3 aromatic carbocycles. The molecule has 0 unspecified atom stereocenters. The summed E-state index contributed by atoms with van der Waals surface area (Å²) in [4.78, 5) is 27.5. The van der Waals surface area contributed by atoms with E-state index < -0.39 is 6.10 Å². The topological polar surface area (TPSA) is 77.1 Å². The monoisotopic (exact) mass is 528 g/mol. The minimum Gasteiger partial charge on any atom is -0.493 e. The van der Waals surface area contributed by atoms with Crippen LogP contribution >= 0.6 is 23.2 Å². The van der Waals surface area contributed by atoms with Gasteiger partial charge in [-0.2, -0.15) is 0 Å². The van der Waals surface area contributed by atoms with Crippen LogP contribution in [0.1, 0.15) is 28.4 Å². The number of nitrogens with one attached hydrogen (secondary N) is 1. The van der Waals surface area contributed by atoms with Gasteiger partial charge in [-0.05, 0) is 67.4 Å². The predicted molar refractivity (Wildman–Crippen MR) is 140 cm³/mol. The molecule has 2 amide bonds. The molecule has 0 bridgehead atoms. The van der Waals surface area contributed by atoms with Crippen molar-refractivity contribution in [2.75, 3.05) is 26.1 Å². The Balaban J connectivity index is 1.50. The number of carbonyl (C=O) groups is 2. The van der Waals surface area contributed by atoms with E-state index in [1.54, 1.807) is 50.3 Å². The number of methoxy groups -OCH3 is 2. The Kier molecular flexibility index (Phi) is 7.91. The summed E-state index contributed by atoms with van der Waals surface area (Å²) in [5, 5.41) is 3.55. The minimum atomic E-state index is -0.631. The van der Waals surface area contributed by atoms with Crippen LogP contribution in [0.25, 0.3) is 0 Å². The van der Waals surface area contributed by atoms with Gasteiger partial charge in [0.15, 0.2) is 17.6 Å². The van der Waals surface area contributed by atoms with E-state index in [9.17, 15) is 9.59 Å². The van der Waals surface area contributed by atoms with Gasteiger partial charge in [-0.3, -0.25) is 9.59 Å². The van der Waals surface area contributed by atoms with Crippen molar-refractivity contribution in [3.63, 3.8) is 0 Å². The molecule has 3 aromatic rings. The van der Waals surface area contributed by atoms with Crippen molar-refractivity contribution in [3.8, 4) is 17.2 Å². The van der Waals surface area contributed by atoms with Gasteiger partial charge in [0, 0.05) is 29.9 Å². The quantitative estimate of drug-likeness (QED) is 0.430. The molecule has 1 heterocycles. The first-order valence-electron chi connectivity index (χ1n) is 11.3. The Bertz CT molecular complexity index is 1300. The first-order chi connectivity index (χ1) is 17.3. The van der Waals surface area contributed by atoms with Crippen LogP contribution in [-0.2, 0) is 17.8 Å². The lowest BCUT2D eigenvalue weighted by molar-refractivity contribution is -0.137. The lowest BCUT2D eigenvalue weighted by atomic mass is 10.1. The highest BCUT2D eigenvalue weighted by Gasteiger charge is 2.28. The fourth-order valence-corrected chi connectivity index (χ4v) is 4.31. The van der Waals surface area contributed by atoms with E-state index in [4.69, 9.17) is 37.4 Å². The van der Waals surface area contributed by atoms with E-state index in [2.05, 4.69) is 5.32 Å². The molecule has 0 saturated carbocycles. The average Bonchev–Trinajstić information content (AvgIpc) is 2.99. The molecule has 188 valence electrons. The summed E-state index contributed by atoms with van der Waals surface area (Å²) in [7, 11) is 3.18. The molecule has 0 radical (unpaired) electrons. The van der Waals surface area contributed by atoms with Crippen molar-refractivity contribution in [1.82, 2.24) is 4.90 Å². The number of hydrogen-bond donors (Lipinski definition) is 1. The van der Waals surface area contributed by atoms with Crippen molar-refractivity contribution < 1.29 is 23.8 Å². The van der Waals surface area contributed by atoms with Gasteiger partial charge in [0.05, 0.1) is 24.3 Å². The van der Waals surface area contributed by atoms with Crippen LogP contribution in [0.5, 0.6) is 17.2 Å². The number of rotatable bonds is 7.